The first-order valence-corrected chi connectivity index (χ1v) is 5.70. The molecule has 0 saturated carbocycles. The van der Waals surface area contributed by atoms with E-state index in [1.54, 1.807) is 18.2 Å². The summed E-state index contributed by atoms with van der Waals surface area (Å²) in [5, 5.41) is 0. The van der Waals surface area contributed by atoms with Crippen LogP contribution in [-0.4, -0.2) is 15.5 Å². The van der Waals surface area contributed by atoms with E-state index in [4.69, 9.17) is 11.6 Å². The largest absolute Gasteiger partial charge is 0.240 e. The maximum atomic E-state index is 11.3. The molecule has 0 saturated heterocycles. The molecule has 0 atom stereocenters. The fourth-order valence-corrected chi connectivity index (χ4v) is 1.88. The molecule has 3 nitrogen and oxygen atoms in total. The van der Waals surface area contributed by atoms with Gasteiger partial charge in [0.25, 0.3) is 0 Å². The summed E-state index contributed by atoms with van der Waals surface area (Å²) >= 11 is 5.58. The normalized spacial score (nSPS) is 11.5. The number of hydrogen-bond donors (Lipinski definition) is 1. The van der Waals surface area contributed by atoms with Crippen molar-refractivity contribution in [3.05, 3.63) is 29.8 Å². The number of nitrogens with one attached hydrogen (secondary N) is 1. The third-order valence-electron chi connectivity index (χ3n) is 1.63. The van der Waals surface area contributed by atoms with Crippen LogP contribution < -0.4 is 4.72 Å². The number of sulfonamides is 1. The zero-order valence-corrected chi connectivity index (χ0v) is 8.69. The molecule has 0 aliphatic heterocycles. The zero-order valence-electron chi connectivity index (χ0n) is 7.12. The van der Waals surface area contributed by atoms with Gasteiger partial charge in [-0.1, -0.05) is 12.1 Å². The van der Waals surface area contributed by atoms with E-state index in [0.29, 0.717) is 5.88 Å². The minimum atomic E-state index is -3.34. The van der Waals surface area contributed by atoms with Crippen molar-refractivity contribution in [2.24, 2.45) is 0 Å². The van der Waals surface area contributed by atoms with Crippen molar-refractivity contribution < 1.29 is 8.42 Å². The third-order valence-corrected chi connectivity index (χ3v) is 3.35. The summed E-state index contributed by atoms with van der Waals surface area (Å²) in [6, 6.07) is 6.53. The van der Waals surface area contributed by atoms with Crippen LogP contribution in [0.2, 0.25) is 0 Å². The number of hydrogen-bond acceptors (Lipinski definition) is 2. The molecule has 0 radical (unpaired) electrons. The fraction of sp³-hybridized carbons (Fsp3) is 0.250. The van der Waals surface area contributed by atoms with Crippen molar-refractivity contribution in [3.8, 4) is 0 Å². The lowest BCUT2D eigenvalue weighted by molar-refractivity contribution is 0.588. The number of halogens is 1. The van der Waals surface area contributed by atoms with E-state index in [1.807, 2.05) is 0 Å². The number of rotatable bonds is 3. The van der Waals surface area contributed by atoms with E-state index in [1.165, 1.54) is 13.1 Å². The maximum Gasteiger partial charge on any atom is 0.240 e. The summed E-state index contributed by atoms with van der Waals surface area (Å²) in [5.41, 5.74) is 0.790. The van der Waals surface area contributed by atoms with Crippen molar-refractivity contribution in [2.45, 2.75) is 10.8 Å². The molecule has 0 spiro atoms. The van der Waals surface area contributed by atoms with E-state index in [2.05, 4.69) is 4.72 Å². The fourth-order valence-electron chi connectivity index (χ4n) is 0.914. The Kier molecular flexibility index (Phi) is 3.30. The van der Waals surface area contributed by atoms with Gasteiger partial charge < -0.3 is 0 Å². The second-order valence-electron chi connectivity index (χ2n) is 2.49. The number of alkyl halides is 1. The predicted molar refractivity (Wildman–Crippen MR) is 52.2 cm³/mol. The summed E-state index contributed by atoms with van der Waals surface area (Å²) < 4.78 is 24.9. The topological polar surface area (TPSA) is 46.2 Å². The number of benzene rings is 1. The van der Waals surface area contributed by atoms with Crippen LogP contribution in [0, 0.1) is 0 Å². The molecule has 1 aromatic rings. The predicted octanol–water partition coefficient (Wildman–Crippen LogP) is 1.33. The Labute approximate surface area is 82.8 Å². The van der Waals surface area contributed by atoms with Crippen LogP contribution in [-0.2, 0) is 15.9 Å². The second kappa shape index (κ2) is 4.09. The quantitative estimate of drug-likeness (QED) is 0.780. The lowest BCUT2D eigenvalue weighted by Crippen LogP contribution is -2.18. The standard InChI is InChI=1S/C8H10ClNO2S/c1-10-13(11,12)8-4-2-3-7(5-8)6-9/h2-5,10H,6H2,1H3. The minimum Gasteiger partial charge on any atom is -0.214 e. The van der Waals surface area contributed by atoms with Crippen molar-refractivity contribution in [3.63, 3.8) is 0 Å². The van der Waals surface area contributed by atoms with Crippen molar-refractivity contribution in [1.82, 2.24) is 4.72 Å². The van der Waals surface area contributed by atoms with Gasteiger partial charge in [0.1, 0.15) is 0 Å². The van der Waals surface area contributed by atoms with Gasteiger partial charge in [-0.3, -0.25) is 0 Å². The van der Waals surface area contributed by atoms with Crippen LogP contribution in [0.3, 0.4) is 0 Å². The van der Waals surface area contributed by atoms with Gasteiger partial charge in [-0.15, -0.1) is 11.6 Å². The minimum absolute atomic E-state index is 0.244. The smallest absolute Gasteiger partial charge is 0.214 e. The Balaban J connectivity index is 3.17. The third kappa shape index (κ3) is 2.43. The Morgan fingerprint density at radius 3 is 2.69 bits per heavy atom. The molecular formula is C8H10ClNO2S. The van der Waals surface area contributed by atoms with E-state index in [9.17, 15) is 8.42 Å². The molecule has 72 valence electrons. The first-order valence-electron chi connectivity index (χ1n) is 3.68. The van der Waals surface area contributed by atoms with Crippen LogP contribution in [0.15, 0.2) is 29.2 Å². The van der Waals surface area contributed by atoms with Gasteiger partial charge in [0, 0.05) is 5.88 Å². The van der Waals surface area contributed by atoms with E-state index in [0.717, 1.165) is 5.56 Å². The molecule has 0 amide bonds. The summed E-state index contributed by atoms with van der Waals surface area (Å²) in [5.74, 6) is 0.313. The monoisotopic (exact) mass is 219 g/mol. The average molecular weight is 220 g/mol. The van der Waals surface area contributed by atoms with E-state index < -0.39 is 10.0 Å². The van der Waals surface area contributed by atoms with Crippen LogP contribution in [0.4, 0.5) is 0 Å². The summed E-state index contributed by atoms with van der Waals surface area (Å²) in [6.45, 7) is 0. The van der Waals surface area contributed by atoms with Crippen molar-refractivity contribution in [2.75, 3.05) is 7.05 Å². The molecule has 1 N–H and O–H groups in total. The highest BCUT2D eigenvalue weighted by atomic mass is 35.5. The van der Waals surface area contributed by atoms with Crippen LogP contribution in [0.1, 0.15) is 5.56 Å². The Bertz CT molecular complexity index is 389. The molecule has 0 heterocycles. The summed E-state index contributed by atoms with van der Waals surface area (Å²) in [6.07, 6.45) is 0. The van der Waals surface area contributed by atoms with Gasteiger partial charge in [0.2, 0.25) is 10.0 Å². The van der Waals surface area contributed by atoms with Crippen molar-refractivity contribution in [1.29, 1.82) is 0 Å². The van der Waals surface area contributed by atoms with Crippen molar-refractivity contribution >= 4 is 21.6 Å². The molecule has 0 aliphatic carbocycles. The maximum absolute atomic E-state index is 11.3. The molecule has 13 heavy (non-hydrogen) atoms. The van der Waals surface area contributed by atoms with Gasteiger partial charge in [0.05, 0.1) is 4.90 Å². The first kappa shape index (κ1) is 10.5. The molecule has 1 aromatic carbocycles. The lowest BCUT2D eigenvalue weighted by Gasteiger charge is -2.02. The van der Waals surface area contributed by atoms with Gasteiger partial charge in [-0.2, -0.15) is 0 Å². The first-order chi connectivity index (χ1) is 6.10. The Hall–Kier alpha value is -0.580. The van der Waals surface area contributed by atoms with Gasteiger partial charge in [0.15, 0.2) is 0 Å². The lowest BCUT2D eigenvalue weighted by atomic mass is 10.2. The molecule has 0 fully saturated rings. The van der Waals surface area contributed by atoms with Gasteiger partial charge >= 0.3 is 0 Å². The molecule has 0 aromatic heterocycles. The summed E-state index contributed by atoms with van der Waals surface area (Å²) in [7, 11) is -1.96. The van der Waals surface area contributed by atoms with Crippen LogP contribution in [0.25, 0.3) is 0 Å². The zero-order chi connectivity index (χ0) is 9.90. The average Bonchev–Trinajstić information content (AvgIpc) is 2.18. The molecule has 1 rings (SSSR count). The van der Waals surface area contributed by atoms with E-state index in [-0.39, 0.29) is 4.90 Å². The van der Waals surface area contributed by atoms with E-state index >= 15 is 0 Å². The Morgan fingerprint density at radius 1 is 1.46 bits per heavy atom. The molecular weight excluding hydrogens is 210 g/mol. The molecule has 0 aliphatic rings. The van der Waals surface area contributed by atoms with Crippen LogP contribution >= 0.6 is 11.6 Å². The van der Waals surface area contributed by atoms with Crippen LogP contribution in [0.5, 0.6) is 0 Å². The molecule has 0 bridgehead atoms. The Morgan fingerprint density at radius 2 is 2.15 bits per heavy atom. The highest BCUT2D eigenvalue weighted by molar-refractivity contribution is 7.89. The van der Waals surface area contributed by atoms with Gasteiger partial charge in [-0.05, 0) is 24.7 Å². The summed E-state index contributed by atoms with van der Waals surface area (Å²) in [4.78, 5) is 0.244. The van der Waals surface area contributed by atoms with Gasteiger partial charge in [-0.25, -0.2) is 13.1 Å². The molecule has 5 heteroatoms. The highest BCUT2D eigenvalue weighted by Crippen LogP contribution is 2.12. The SMILES string of the molecule is CNS(=O)(=O)c1cccc(CCl)c1. The highest BCUT2D eigenvalue weighted by Gasteiger charge is 2.10. The molecule has 0 unspecified atom stereocenters. The second-order valence-corrected chi connectivity index (χ2v) is 4.64.